The lowest BCUT2D eigenvalue weighted by Gasteiger charge is -2.28. The molecule has 0 aromatic carbocycles. The monoisotopic (exact) mass is 342 g/mol. The molecule has 138 valence electrons. The summed E-state index contributed by atoms with van der Waals surface area (Å²) >= 11 is 0. The van der Waals surface area contributed by atoms with Crippen LogP contribution in [0.5, 0.6) is 0 Å². The lowest BCUT2D eigenvalue weighted by molar-refractivity contribution is -0.134. The molecule has 1 aliphatic heterocycles. The van der Waals surface area contributed by atoms with Crippen LogP contribution in [0.4, 0.5) is 0 Å². The van der Waals surface area contributed by atoms with Gasteiger partial charge in [0.1, 0.15) is 6.04 Å². The maximum absolute atomic E-state index is 12.3. The van der Waals surface area contributed by atoms with Gasteiger partial charge in [0.25, 0.3) is 0 Å². The van der Waals surface area contributed by atoms with E-state index in [1.807, 2.05) is 4.90 Å². The maximum Gasteiger partial charge on any atom is 0.245 e. The van der Waals surface area contributed by atoms with Crippen LogP contribution >= 0.6 is 0 Å². The Bertz CT molecular complexity index is 436. The summed E-state index contributed by atoms with van der Waals surface area (Å²) in [4.78, 5) is 38.0. The Morgan fingerprint density at radius 2 is 1.79 bits per heavy atom. The molecule has 1 aliphatic rings. The average Bonchev–Trinajstić information content (AvgIpc) is 2.52. The lowest BCUT2D eigenvalue weighted by atomic mass is 10.1. The normalized spacial score (nSPS) is 19.2. The molecule has 1 fully saturated rings. The highest BCUT2D eigenvalue weighted by atomic mass is 16.3. The summed E-state index contributed by atoms with van der Waals surface area (Å²) in [6, 6.07) is -1.80. The predicted octanol–water partition coefficient (Wildman–Crippen LogP) is -1.24. The molecule has 2 amide bonds. The van der Waals surface area contributed by atoms with E-state index in [0.29, 0.717) is 6.42 Å². The highest BCUT2D eigenvalue weighted by Crippen LogP contribution is 2.08. The van der Waals surface area contributed by atoms with Crippen LogP contribution in [0.15, 0.2) is 0 Å². The summed E-state index contributed by atoms with van der Waals surface area (Å²) in [5.74, 6) is -1.10. The van der Waals surface area contributed by atoms with Crippen LogP contribution < -0.4 is 16.4 Å². The molecule has 8 nitrogen and oxygen atoms in total. The number of hydrogen-bond acceptors (Lipinski definition) is 6. The Morgan fingerprint density at radius 3 is 2.29 bits per heavy atom. The van der Waals surface area contributed by atoms with Crippen LogP contribution in [0.2, 0.25) is 0 Å². The number of carbonyl (C=O) groups excluding carboxylic acids is 3. The van der Waals surface area contributed by atoms with E-state index in [4.69, 9.17) is 5.73 Å². The minimum atomic E-state index is -1.10. The third kappa shape index (κ3) is 6.94. The first-order valence-corrected chi connectivity index (χ1v) is 8.55. The van der Waals surface area contributed by atoms with Gasteiger partial charge in [-0.15, -0.1) is 0 Å². The third-order valence-electron chi connectivity index (χ3n) is 4.16. The van der Waals surface area contributed by atoms with Crippen molar-refractivity contribution in [3.63, 3.8) is 0 Å². The Labute approximate surface area is 143 Å². The summed E-state index contributed by atoms with van der Waals surface area (Å²) in [6.07, 6.45) is 2.54. The van der Waals surface area contributed by atoms with Gasteiger partial charge in [0.2, 0.25) is 11.8 Å². The van der Waals surface area contributed by atoms with Gasteiger partial charge in [-0.1, -0.05) is 6.42 Å². The van der Waals surface area contributed by atoms with Gasteiger partial charge in [-0.3, -0.25) is 19.3 Å². The number of aliphatic hydroxyl groups excluding tert-OH is 1. The van der Waals surface area contributed by atoms with E-state index in [-0.39, 0.29) is 24.8 Å². The van der Waals surface area contributed by atoms with E-state index >= 15 is 0 Å². The smallest absolute Gasteiger partial charge is 0.245 e. The number of aliphatic hydroxyl groups is 1. The van der Waals surface area contributed by atoms with E-state index in [0.717, 1.165) is 25.9 Å². The molecule has 8 heteroatoms. The molecule has 5 N–H and O–H groups in total. The molecule has 1 heterocycles. The molecule has 0 saturated carbocycles. The second kappa shape index (κ2) is 10.4. The number of amides is 2. The van der Waals surface area contributed by atoms with Gasteiger partial charge < -0.3 is 21.5 Å². The molecule has 0 bridgehead atoms. The van der Waals surface area contributed by atoms with E-state index in [9.17, 15) is 19.5 Å². The second-order valence-corrected chi connectivity index (χ2v) is 6.37. The van der Waals surface area contributed by atoms with Crippen molar-refractivity contribution in [2.75, 3.05) is 26.2 Å². The highest BCUT2D eigenvalue weighted by molar-refractivity contribution is 5.92. The Morgan fingerprint density at radius 1 is 1.17 bits per heavy atom. The fraction of sp³-hybridized carbons (Fsp3) is 0.812. The lowest BCUT2D eigenvalue weighted by Crippen LogP contribution is -2.57. The Balaban J connectivity index is 2.59. The Kier molecular flexibility index (Phi) is 8.88. The summed E-state index contributed by atoms with van der Waals surface area (Å²) in [7, 11) is 0. The second-order valence-electron chi connectivity index (χ2n) is 6.37. The first-order valence-electron chi connectivity index (χ1n) is 8.55. The fourth-order valence-electron chi connectivity index (χ4n) is 2.75. The van der Waals surface area contributed by atoms with Gasteiger partial charge in [-0.05, 0) is 52.7 Å². The van der Waals surface area contributed by atoms with Crippen LogP contribution in [-0.4, -0.2) is 72.0 Å². The molecular formula is C16H30N4O4. The standard InChI is InChI=1S/C16H30N4O4/c1-11(21)13(6-7-17)18-16(24)15(12(2)22)19-14(23)10-20-8-4-3-5-9-20/h12-13,15,22H,3-10,17H2,1-2H3,(H,18,24)(H,19,23)/t12?,13-,15-/m0/s1. The van der Waals surface area contributed by atoms with Crippen molar-refractivity contribution < 1.29 is 19.5 Å². The zero-order chi connectivity index (χ0) is 18.1. The first-order chi connectivity index (χ1) is 11.3. The minimum Gasteiger partial charge on any atom is -0.391 e. The van der Waals surface area contributed by atoms with E-state index in [2.05, 4.69) is 10.6 Å². The largest absolute Gasteiger partial charge is 0.391 e. The number of Topliss-reactive ketones (excluding diaryl/α,β-unsaturated/α-hetero) is 1. The summed E-state index contributed by atoms with van der Waals surface area (Å²) in [5, 5.41) is 14.9. The minimum absolute atomic E-state index is 0.204. The number of carbonyl (C=O) groups is 3. The zero-order valence-corrected chi connectivity index (χ0v) is 14.6. The molecule has 24 heavy (non-hydrogen) atoms. The predicted molar refractivity (Wildman–Crippen MR) is 90.2 cm³/mol. The van der Waals surface area contributed by atoms with Crippen molar-refractivity contribution >= 4 is 17.6 Å². The third-order valence-corrected chi connectivity index (χ3v) is 4.16. The van der Waals surface area contributed by atoms with E-state index in [1.165, 1.54) is 20.3 Å². The molecule has 0 aliphatic carbocycles. The molecule has 3 atom stereocenters. The van der Waals surface area contributed by atoms with Crippen LogP contribution in [0.3, 0.4) is 0 Å². The van der Waals surface area contributed by atoms with Crippen LogP contribution in [0.25, 0.3) is 0 Å². The van der Waals surface area contributed by atoms with Gasteiger partial charge in [0.15, 0.2) is 5.78 Å². The molecule has 0 spiro atoms. The number of likely N-dealkylation sites (tertiary alicyclic amines) is 1. The molecule has 1 rings (SSSR count). The van der Waals surface area contributed by atoms with E-state index < -0.39 is 24.1 Å². The molecule has 1 unspecified atom stereocenters. The van der Waals surface area contributed by atoms with Crippen molar-refractivity contribution in [2.24, 2.45) is 5.73 Å². The average molecular weight is 342 g/mol. The van der Waals surface area contributed by atoms with Crippen LogP contribution in [0.1, 0.15) is 39.5 Å². The van der Waals surface area contributed by atoms with Gasteiger partial charge in [0, 0.05) is 0 Å². The molecule has 1 saturated heterocycles. The number of ketones is 1. The van der Waals surface area contributed by atoms with Gasteiger partial charge in [-0.2, -0.15) is 0 Å². The number of piperidine rings is 1. The van der Waals surface area contributed by atoms with Gasteiger partial charge in [0.05, 0.1) is 18.7 Å². The number of hydrogen-bond donors (Lipinski definition) is 4. The number of nitrogens with zero attached hydrogens (tertiary/aromatic N) is 1. The van der Waals surface area contributed by atoms with Gasteiger partial charge >= 0.3 is 0 Å². The Hall–Kier alpha value is -1.51. The van der Waals surface area contributed by atoms with Gasteiger partial charge in [-0.25, -0.2) is 0 Å². The van der Waals surface area contributed by atoms with Crippen LogP contribution in [-0.2, 0) is 14.4 Å². The highest BCUT2D eigenvalue weighted by Gasteiger charge is 2.29. The quantitative estimate of drug-likeness (QED) is 0.415. The van der Waals surface area contributed by atoms with Crippen molar-refractivity contribution in [3.8, 4) is 0 Å². The number of nitrogens with one attached hydrogen (secondary N) is 2. The number of nitrogens with two attached hydrogens (primary N) is 1. The topological polar surface area (TPSA) is 125 Å². The molecule has 0 aromatic rings. The van der Waals surface area contributed by atoms with E-state index in [1.54, 1.807) is 0 Å². The van der Waals surface area contributed by atoms with Crippen molar-refractivity contribution in [3.05, 3.63) is 0 Å². The summed E-state index contributed by atoms with van der Waals surface area (Å²) in [6.45, 7) is 4.98. The number of rotatable bonds is 9. The zero-order valence-electron chi connectivity index (χ0n) is 14.6. The molecule has 0 aromatic heterocycles. The summed E-state index contributed by atoms with van der Waals surface area (Å²) in [5.41, 5.74) is 5.44. The van der Waals surface area contributed by atoms with Crippen molar-refractivity contribution in [1.29, 1.82) is 0 Å². The molecular weight excluding hydrogens is 312 g/mol. The molecule has 0 radical (unpaired) electrons. The maximum atomic E-state index is 12.3. The summed E-state index contributed by atoms with van der Waals surface area (Å²) < 4.78 is 0. The van der Waals surface area contributed by atoms with Crippen LogP contribution in [0, 0.1) is 0 Å². The van der Waals surface area contributed by atoms with Crippen molar-refractivity contribution in [1.82, 2.24) is 15.5 Å². The first kappa shape index (κ1) is 20.5. The SMILES string of the molecule is CC(=O)[C@H](CCN)NC(=O)[C@@H](NC(=O)CN1CCCCC1)C(C)O. The fourth-order valence-corrected chi connectivity index (χ4v) is 2.75. The van der Waals surface area contributed by atoms with Crippen molar-refractivity contribution in [2.45, 2.75) is 57.7 Å².